The van der Waals surface area contributed by atoms with E-state index in [2.05, 4.69) is 5.32 Å². The Morgan fingerprint density at radius 2 is 1.89 bits per heavy atom. The molecule has 2 atom stereocenters. The summed E-state index contributed by atoms with van der Waals surface area (Å²) in [6.45, 7) is 3.30. The van der Waals surface area contributed by atoms with Crippen molar-refractivity contribution in [2.75, 3.05) is 5.32 Å². The van der Waals surface area contributed by atoms with Gasteiger partial charge in [0.2, 0.25) is 5.91 Å². The number of hydrogen-bond donors (Lipinski definition) is 2. The molecular weight excluding hydrogens is 256 g/mol. The number of rotatable bonds is 3. The molecule has 0 spiro atoms. The van der Waals surface area contributed by atoms with E-state index in [4.69, 9.17) is 5.11 Å². The van der Waals surface area contributed by atoms with E-state index in [0.29, 0.717) is 0 Å². The number of benzene rings is 1. The van der Waals surface area contributed by atoms with Crippen molar-refractivity contribution >= 4 is 17.6 Å². The van der Waals surface area contributed by atoms with Gasteiger partial charge >= 0.3 is 5.97 Å². The average Bonchev–Trinajstić information content (AvgIpc) is 2.87. The fourth-order valence-corrected chi connectivity index (χ4v) is 2.39. The smallest absolute Gasteiger partial charge is 0.307 e. The molecule has 4 nitrogen and oxygen atoms in total. The van der Waals surface area contributed by atoms with Gasteiger partial charge in [0.25, 0.3) is 0 Å². The minimum Gasteiger partial charge on any atom is -0.481 e. The Balaban J connectivity index is 2.15. The zero-order valence-corrected chi connectivity index (χ0v) is 10.4. The largest absolute Gasteiger partial charge is 0.481 e. The van der Waals surface area contributed by atoms with Gasteiger partial charge in [-0.3, -0.25) is 9.59 Å². The first kappa shape index (κ1) is 13.5. The van der Waals surface area contributed by atoms with Gasteiger partial charge in [0.05, 0.1) is 17.5 Å². The summed E-state index contributed by atoms with van der Waals surface area (Å²) >= 11 is 0. The summed E-state index contributed by atoms with van der Waals surface area (Å²) in [4.78, 5) is 22.9. The highest BCUT2D eigenvalue weighted by molar-refractivity contribution is 5.99. The van der Waals surface area contributed by atoms with Gasteiger partial charge in [-0.25, -0.2) is 8.78 Å². The fraction of sp³-hybridized carbons (Fsp3) is 0.385. The van der Waals surface area contributed by atoms with Crippen LogP contribution < -0.4 is 5.32 Å². The fourth-order valence-electron chi connectivity index (χ4n) is 2.39. The van der Waals surface area contributed by atoms with E-state index in [1.165, 1.54) is 0 Å². The molecule has 1 aliphatic rings. The number of nitrogens with one attached hydrogen (secondary N) is 1. The van der Waals surface area contributed by atoms with Gasteiger partial charge in [0, 0.05) is 6.07 Å². The molecule has 1 fully saturated rings. The predicted octanol–water partition coefficient (Wildman–Crippen LogP) is 2.26. The molecule has 0 radical (unpaired) electrons. The minimum atomic E-state index is -1.06. The highest BCUT2D eigenvalue weighted by Gasteiger charge is 2.65. The van der Waals surface area contributed by atoms with E-state index >= 15 is 0 Å². The second kappa shape index (κ2) is 4.29. The molecule has 0 saturated heterocycles. The monoisotopic (exact) mass is 269 g/mol. The number of carboxylic acids is 1. The second-order valence-corrected chi connectivity index (χ2v) is 5.23. The minimum absolute atomic E-state index is 0.281. The molecule has 0 bridgehead atoms. The van der Waals surface area contributed by atoms with Gasteiger partial charge in [-0.15, -0.1) is 0 Å². The molecule has 0 aliphatic heterocycles. The number of aliphatic carboxylic acids is 1. The third-order valence-electron chi connectivity index (χ3n) is 3.56. The lowest BCUT2D eigenvalue weighted by molar-refractivity contribution is -0.140. The molecule has 2 rings (SSSR count). The number of halogens is 2. The Labute approximate surface area is 108 Å². The maximum atomic E-state index is 13.4. The molecule has 1 aromatic carbocycles. The molecule has 0 heterocycles. The maximum Gasteiger partial charge on any atom is 0.307 e. The van der Waals surface area contributed by atoms with Crippen LogP contribution in [0.25, 0.3) is 0 Å². The third kappa shape index (κ3) is 2.30. The van der Waals surface area contributed by atoms with Crippen LogP contribution in [0.2, 0.25) is 0 Å². The zero-order chi connectivity index (χ0) is 14.4. The van der Waals surface area contributed by atoms with Crippen LogP contribution in [0.1, 0.15) is 13.8 Å². The van der Waals surface area contributed by atoms with Gasteiger partial charge in [0.1, 0.15) is 11.6 Å². The molecule has 0 unspecified atom stereocenters. The molecule has 19 heavy (non-hydrogen) atoms. The van der Waals surface area contributed by atoms with E-state index < -0.39 is 40.8 Å². The maximum absolute atomic E-state index is 13.4. The highest BCUT2D eigenvalue weighted by atomic mass is 19.1. The van der Waals surface area contributed by atoms with Crippen LogP contribution in [0.5, 0.6) is 0 Å². The van der Waals surface area contributed by atoms with Gasteiger partial charge in [-0.05, 0) is 17.5 Å². The van der Waals surface area contributed by atoms with Crippen LogP contribution >= 0.6 is 0 Å². The molecule has 2 N–H and O–H groups in total. The molecule has 1 saturated carbocycles. The Morgan fingerprint density at radius 1 is 1.26 bits per heavy atom. The van der Waals surface area contributed by atoms with Crippen LogP contribution in [0, 0.1) is 28.9 Å². The number of carboxylic acid groups (broad SMARTS) is 1. The molecule has 1 aromatic rings. The predicted molar refractivity (Wildman–Crippen MR) is 63.4 cm³/mol. The Hall–Kier alpha value is -1.98. The lowest BCUT2D eigenvalue weighted by Crippen LogP contribution is -2.18. The summed E-state index contributed by atoms with van der Waals surface area (Å²) < 4.78 is 26.3. The van der Waals surface area contributed by atoms with Crippen LogP contribution in [0.3, 0.4) is 0 Å². The van der Waals surface area contributed by atoms with E-state index in [1.54, 1.807) is 13.8 Å². The lowest BCUT2D eigenvalue weighted by Gasteiger charge is -2.07. The highest BCUT2D eigenvalue weighted by Crippen LogP contribution is 2.58. The Kier molecular flexibility index (Phi) is 3.04. The normalized spacial score (nSPS) is 23.8. The van der Waals surface area contributed by atoms with Crippen molar-refractivity contribution in [1.82, 2.24) is 0 Å². The average molecular weight is 269 g/mol. The van der Waals surface area contributed by atoms with Crippen LogP contribution in [-0.2, 0) is 9.59 Å². The third-order valence-corrected chi connectivity index (χ3v) is 3.56. The standard InChI is InChI=1S/C13H13F2NO3/c1-13(2)9(10(13)12(18)19)11(17)16-8-5-6(14)3-4-7(8)15/h3-5,9-10H,1-2H3,(H,16,17)(H,18,19)/t9-,10+/m1/s1. The van der Waals surface area contributed by atoms with E-state index in [0.717, 1.165) is 18.2 Å². The summed E-state index contributed by atoms with van der Waals surface area (Å²) in [5.41, 5.74) is -0.962. The van der Waals surface area contributed by atoms with Crippen molar-refractivity contribution in [3.05, 3.63) is 29.8 Å². The van der Waals surface area contributed by atoms with Crippen LogP contribution in [-0.4, -0.2) is 17.0 Å². The molecule has 1 aliphatic carbocycles. The topological polar surface area (TPSA) is 66.4 Å². The first-order chi connectivity index (χ1) is 8.75. The Morgan fingerprint density at radius 3 is 2.42 bits per heavy atom. The quantitative estimate of drug-likeness (QED) is 0.884. The van der Waals surface area contributed by atoms with Crippen molar-refractivity contribution in [3.63, 3.8) is 0 Å². The molecular formula is C13H13F2NO3. The Bertz CT molecular complexity index is 557. The summed E-state index contributed by atoms with van der Waals surface area (Å²) in [6, 6.07) is 2.70. The second-order valence-electron chi connectivity index (χ2n) is 5.23. The molecule has 1 amide bonds. The number of anilines is 1. The number of carbonyl (C=O) groups excluding carboxylic acids is 1. The first-order valence-corrected chi connectivity index (χ1v) is 5.74. The van der Waals surface area contributed by atoms with Crippen molar-refractivity contribution in [3.8, 4) is 0 Å². The number of carbonyl (C=O) groups is 2. The van der Waals surface area contributed by atoms with Crippen molar-refractivity contribution in [2.24, 2.45) is 17.3 Å². The molecule has 6 heteroatoms. The molecule has 0 aromatic heterocycles. The number of amides is 1. The summed E-state index contributed by atoms with van der Waals surface area (Å²) in [5, 5.41) is 11.2. The summed E-state index contributed by atoms with van der Waals surface area (Å²) in [7, 11) is 0. The lowest BCUT2D eigenvalue weighted by atomic mass is 10.1. The summed E-state index contributed by atoms with van der Waals surface area (Å²) in [6.07, 6.45) is 0. The summed E-state index contributed by atoms with van der Waals surface area (Å²) in [5.74, 6) is -4.66. The first-order valence-electron chi connectivity index (χ1n) is 5.74. The van der Waals surface area contributed by atoms with Crippen LogP contribution in [0.15, 0.2) is 18.2 Å². The van der Waals surface area contributed by atoms with E-state index in [9.17, 15) is 18.4 Å². The van der Waals surface area contributed by atoms with Gasteiger partial charge in [0.15, 0.2) is 0 Å². The van der Waals surface area contributed by atoms with Crippen molar-refractivity contribution in [1.29, 1.82) is 0 Å². The molecule has 102 valence electrons. The van der Waals surface area contributed by atoms with Gasteiger partial charge < -0.3 is 10.4 Å². The van der Waals surface area contributed by atoms with E-state index in [1.807, 2.05) is 0 Å². The zero-order valence-electron chi connectivity index (χ0n) is 10.4. The van der Waals surface area contributed by atoms with Gasteiger partial charge in [-0.1, -0.05) is 13.8 Å². The van der Waals surface area contributed by atoms with Crippen LogP contribution in [0.4, 0.5) is 14.5 Å². The SMILES string of the molecule is CC1(C)[C@H](C(=O)O)[C@@H]1C(=O)Nc1cc(F)ccc1F. The van der Waals surface area contributed by atoms with E-state index in [-0.39, 0.29) is 5.69 Å². The number of hydrogen-bond acceptors (Lipinski definition) is 2. The van der Waals surface area contributed by atoms with Crippen molar-refractivity contribution < 1.29 is 23.5 Å². The van der Waals surface area contributed by atoms with Crippen molar-refractivity contribution in [2.45, 2.75) is 13.8 Å². The van der Waals surface area contributed by atoms with Gasteiger partial charge in [-0.2, -0.15) is 0 Å².